The van der Waals surface area contributed by atoms with Gasteiger partial charge in [-0.05, 0) is 69.3 Å². The molecule has 0 saturated carbocycles. The lowest BCUT2D eigenvalue weighted by molar-refractivity contribution is 0.248. The first kappa shape index (κ1) is 26.2. The zero-order chi connectivity index (χ0) is 21.2. The predicted octanol–water partition coefficient (Wildman–Crippen LogP) is 7.22. The lowest BCUT2D eigenvalue weighted by atomic mass is 9.94. The van der Waals surface area contributed by atoms with Gasteiger partial charge in [0.1, 0.15) is 0 Å². The average Bonchev–Trinajstić information content (AvgIpc) is 2.72. The molecule has 2 heteroatoms. The van der Waals surface area contributed by atoms with Crippen molar-refractivity contribution in [2.75, 3.05) is 26.7 Å². The van der Waals surface area contributed by atoms with Gasteiger partial charge in [-0.3, -0.25) is 0 Å². The van der Waals surface area contributed by atoms with Gasteiger partial charge in [-0.2, -0.15) is 0 Å². The maximum Gasteiger partial charge on any atom is 0.0205 e. The van der Waals surface area contributed by atoms with Crippen molar-refractivity contribution >= 4 is 0 Å². The number of unbranched alkanes of at least 4 members (excludes halogenated alkanes) is 5. The van der Waals surface area contributed by atoms with E-state index >= 15 is 0 Å². The summed E-state index contributed by atoms with van der Waals surface area (Å²) in [6.07, 6.45) is 16.3. The maximum absolute atomic E-state index is 3.48. The largest absolute Gasteiger partial charge is 0.313 e. The molecule has 29 heavy (non-hydrogen) atoms. The van der Waals surface area contributed by atoms with Crippen LogP contribution in [0.15, 0.2) is 24.3 Å². The van der Waals surface area contributed by atoms with E-state index in [0.29, 0.717) is 0 Å². The monoisotopic (exact) mass is 402 g/mol. The quantitative estimate of drug-likeness (QED) is 0.246. The van der Waals surface area contributed by atoms with Gasteiger partial charge < -0.3 is 10.2 Å². The van der Waals surface area contributed by atoms with Gasteiger partial charge in [0.25, 0.3) is 0 Å². The van der Waals surface area contributed by atoms with Gasteiger partial charge >= 0.3 is 0 Å². The van der Waals surface area contributed by atoms with Crippen LogP contribution in [0.5, 0.6) is 0 Å². The molecule has 2 nitrogen and oxygen atoms in total. The lowest BCUT2D eigenvalue weighted by Crippen LogP contribution is -2.27. The highest BCUT2D eigenvalue weighted by Gasteiger charge is 2.11. The van der Waals surface area contributed by atoms with Crippen LogP contribution in [0, 0.1) is 5.92 Å². The average molecular weight is 403 g/mol. The number of nitrogens with one attached hydrogen (secondary N) is 1. The molecule has 1 unspecified atom stereocenters. The highest BCUT2D eigenvalue weighted by atomic mass is 15.1. The standard InChI is InChI=1S/C27H50N2/c1-5-8-10-12-15-27(14-11-9-6-2)24-29(4)22-13-16-25-17-19-26(20-18-25)23-28-21-7-3/h17-20,27-28H,5-16,21-24H2,1-4H3. The number of hydrogen-bond donors (Lipinski definition) is 1. The molecule has 1 rings (SSSR count). The first-order chi connectivity index (χ1) is 14.2. The van der Waals surface area contributed by atoms with Crippen LogP contribution in [0.2, 0.25) is 0 Å². The van der Waals surface area contributed by atoms with Crippen molar-refractivity contribution in [3.05, 3.63) is 35.4 Å². The summed E-state index contributed by atoms with van der Waals surface area (Å²) in [5.41, 5.74) is 2.88. The molecule has 0 fully saturated rings. The maximum atomic E-state index is 3.48. The third-order valence-electron chi connectivity index (χ3n) is 6.04. The van der Waals surface area contributed by atoms with Gasteiger partial charge in [-0.15, -0.1) is 0 Å². The van der Waals surface area contributed by atoms with E-state index in [4.69, 9.17) is 0 Å². The molecule has 1 aromatic carbocycles. The van der Waals surface area contributed by atoms with Crippen molar-refractivity contribution in [1.82, 2.24) is 10.2 Å². The van der Waals surface area contributed by atoms with Crippen LogP contribution in [-0.4, -0.2) is 31.6 Å². The Bertz CT molecular complexity index is 468. The first-order valence-corrected chi connectivity index (χ1v) is 12.7. The number of rotatable bonds is 19. The van der Waals surface area contributed by atoms with E-state index in [1.54, 1.807) is 0 Å². The minimum atomic E-state index is 0.901. The zero-order valence-electron chi connectivity index (χ0n) is 20.1. The summed E-state index contributed by atoms with van der Waals surface area (Å²) in [6, 6.07) is 9.23. The molecular weight excluding hydrogens is 352 g/mol. The minimum Gasteiger partial charge on any atom is -0.313 e. The molecule has 0 aliphatic heterocycles. The van der Waals surface area contributed by atoms with Crippen molar-refractivity contribution in [2.24, 2.45) is 5.92 Å². The molecule has 0 spiro atoms. The highest BCUT2D eigenvalue weighted by molar-refractivity contribution is 5.22. The van der Waals surface area contributed by atoms with E-state index in [9.17, 15) is 0 Å². The molecule has 0 aromatic heterocycles. The highest BCUT2D eigenvalue weighted by Crippen LogP contribution is 2.19. The van der Waals surface area contributed by atoms with E-state index in [2.05, 4.69) is 62.3 Å². The number of nitrogens with zero attached hydrogens (tertiary/aromatic N) is 1. The molecule has 168 valence electrons. The summed E-state index contributed by atoms with van der Waals surface area (Å²) in [4.78, 5) is 2.60. The molecule has 1 N–H and O–H groups in total. The Morgan fingerprint density at radius 2 is 1.38 bits per heavy atom. The Morgan fingerprint density at radius 1 is 0.759 bits per heavy atom. The summed E-state index contributed by atoms with van der Waals surface area (Å²) < 4.78 is 0. The molecule has 0 aliphatic rings. The third-order valence-corrected chi connectivity index (χ3v) is 6.04. The van der Waals surface area contributed by atoms with E-state index < -0.39 is 0 Å². The molecule has 0 saturated heterocycles. The van der Waals surface area contributed by atoms with Gasteiger partial charge in [0.15, 0.2) is 0 Å². The molecular formula is C27H50N2. The number of aryl methyl sites for hydroxylation is 1. The van der Waals surface area contributed by atoms with Crippen LogP contribution in [0.4, 0.5) is 0 Å². The van der Waals surface area contributed by atoms with E-state index in [-0.39, 0.29) is 0 Å². The second-order valence-electron chi connectivity index (χ2n) is 9.07. The first-order valence-electron chi connectivity index (χ1n) is 12.7. The number of hydrogen-bond acceptors (Lipinski definition) is 2. The molecule has 0 bridgehead atoms. The van der Waals surface area contributed by atoms with Gasteiger partial charge in [0.2, 0.25) is 0 Å². The van der Waals surface area contributed by atoms with Crippen molar-refractivity contribution in [3.8, 4) is 0 Å². The summed E-state index contributed by atoms with van der Waals surface area (Å²) in [7, 11) is 2.33. The summed E-state index contributed by atoms with van der Waals surface area (Å²) in [6.45, 7) is 11.4. The van der Waals surface area contributed by atoms with Gasteiger partial charge in [0.05, 0.1) is 0 Å². The Labute approximate surface area is 182 Å². The summed E-state index contributed by atoms with van der Waals surface area (Å²) in [5.74, 6) is 0.901. The fourth-order valence-electron chi connectivity index (χ4n) is 4.19. The van der Waals surface area contributed by atoms with Gasteiger partial charge in [-0.25, -0.2) is 0 Å². The second kappa shape index (κ2) is 18.0. The van der Waals surface area contributed by atoms with Crippen molar-refractivity contribution in [3.63, 3.8) is 0 Å². The Kier molecular flexibility index (Phi) is 16.2. The smallest absolute Gasteiger partial charge is 0.0205 e. The normalized spacial score (nSPS) is 12.6. The van der Waals surface area contributed by atoms with E-state index in [1.165, 1.54) is 101 Å². The van der Waals surface area contributed by atoms with Gasteiger partial charge in [-0.1, -0.05) is 90.0 Å². The molecule has 1 aromatic rings. The Balaban J connectivity index is 2.29. The molecule has 0 heterocycles. The second-order valence-corrected chi connectivity index (χ2v) is 9.07. The topological polar surface area (TPSA) is 15.3 Å². The summed E-state index contributed by atoms with van der Waals surface area (Å²) in [5, 5.41) is 3.48. The van der Waals surface area contributed by atoms with Crippen LogP contribution < -0.4 is 5.32 Å². The van der Waals surface area contributed by atoms with Crippen LogP contribution in [0.1, 0.15) is 103 Å². The van der Waals surface area contributed by atoms with E-state index in [1.807, 2.05) is 0 Å². The molecule has 0 amide bonds. The van der Waals surface area contributed by atoms with Crippen LogP contribution >= 0.6 is 0 Å². The fraction of sp³-hybridized carbons (Fsp3) is 0.778. The van der Waals surface area contributed by atoms with Crippen molar-refractivity contribution < 1.29 is 0 Å². The summed E-state index contributed by atoms with van der Waals surface area (Å²) >= 11 is 0. The van der Waals surface area contributed by atoms with Crippen LogP contribution in [0.25, 0.3) is 0 Å². The third kappa shape index (κ3) is 13.9. The van der Waals surface area contributed by atoms with Crippen LogP contribution in [0.3, 0.4) is 0 Å². The van der Waals surface area contributed by atoms with Crippen LogP contribution in [-0.2, 0) is 13.0 Å². The van der Waals surface area contributed by atoms with Gasteiger partial charge in [0, 0.05) is 13.1 Å². The van der Waals surface area contributed by atoms with Crippen molar-refractivity contribution in [1.29, 1.82) is 0 Å². The minimum absolute atomic E-state index is 0.901. The fourth-order valence-corrected chi connectivity index (χ4v) is 4.19. The van der Waals surface area contributed by atoms with Crippen molar-refractivity contribution in [2.45, 2.75) is 104 Å². The molecule has 0 aliphatic carbocycles. The Hall–Kier alpha value is -0.860. The Morgan fingerprint density at radius 3 is 2.03 bits per heavy atom. The predicted molar refractivity (Wildman–Crippen MR) is 131 cm³/mol. The zero-order valence-corrected chi connectivity index (χ0v) is 20.1. The SMILES string of the molecule is CCCCCCC(CCCCC)CN(C)CCCc1ccc(CNCCC)cc1. The lowest BCUT2D eigenvalue weighted by Gasteiger charge is -2.24. The molecule has 1 atom stereocenters. The van der Waals surface area contributed by atoms with E-state index in [0.717, 1.165) is 19.0 Å². The molecule has 0 radical (unpaired) electrons. The number of benzene rings is 1.